The SMILES string of the molecule is CCN(F)C(=O)N(C)P. The van der Waals surface area contributed by atoms with Crippen LogP contribution < -0.4 is 0 Å². The van der Waals surface area contributed by atoms with E-state index in [4.69, 9.17) is 0 Å². The van der Waals surface area contributed by atoms with Crippen LogP contribution in [-0.4, -0.2) is 29.4 Å². The highest BCUT2D eigenvalue weighted by Crippen LogP contribution is 2.00. The Hall–Kier alpha value is -0.370. The molecule has 0 radical (unpaired) electrons. The Labute approximate surface area is 56.0 Å². The van der Waals surface area contributed by atoms with Gasteiger partial charge >= 0.3 is 6.03 Å². The summed E-state index contributed by atoms with van der Waals surface area (Å²) >= 11 is 0. The normalized spacial score (nSPS) is 8.89. The average Bonchev–Trinajstić information content (AvgIpc) is 1.84. The molecule has 9 heavy (non-hydrogen) atoms. The summed E-state index contributed by atoms with van der Waals surface area (Å²) in [6.07, 6.45) is 0. The Balaban J connectivity index is 3.73. The molecule has 0 N–H and O–H groups in total. The number of amides is 2. The fourth-order valence-electron chi connectivity index (χ4n) is 0.306. The van der Waals surface area contributed by atoms with Gasteiger partial charge in [0, 0.05) is 7.05 Å². The maximum atomic E-state index is 12.2. The van der Waals surface area contributed by atoms with Crippen molar-refractivity contribution < 1.29 is 9.28 Å². The molecule has 2 amide bonds. The second-order valence-electron chi connectivity index (χ2n) is 1.57. The molecule has 54 valence electrons. The minimum Gasteiger partial charge on any atom is -0.310 e. The Morgan fingerprint density at radius 2 is 2.22 bits per heavy atom. The molecule has 0 aliphatic heterocycles. The summed E-state index contributed by atoms with van der Waals surface area (Å²) in [4.78, 5) is 10.5. The fraction of sp³-hybridized carbons (Fsp3) is 0.750. The Kier molecular flexibility index (Phi) is 3.47. The molecule has 0 aromatic heterocycles. The standard InChI is InChI=1S/C4H10FN2OP/c1-3-7(5)4(8)6(2)9/h3,9H2,1-2H3. The van der Waals surface area contributed by atoms with E-state index in [1.807, 2.05) is 0 Å². The topological polar surface area (TPSA) is 23.6 Å². The van der Waals surface area contributed by atoms with Gasteiger partial charge in [0.15, 0.2) is 0 Å². The Bertz CT molecular complexity index is 109. The van der Waals surface area contributed by atoms with Crippen LogP contribution in [0.15, 0.2) is 0 Å². The maximum absolute atomic E-state index is 12.2. The molecule has 0 aromatic carbocycles. The average molecular weight is 152 g/mol. The molecule has 0 aromatic rings. The van der Waals surface area contributed by atoms with Gasteiger partial charge in [0.25, 0.3) is 0 Å². The van der Waals surface area contributed by atoms with Crippen LogP contribution in [0.5, 0.6) is 0 Å². The summed E-state index contributed by atoms with van der Waals surface area (Å²) in [6.45, 7) is 1.64. The molecule has 0 aliphatic carbocycles. The molecular formula is C4H10FN2OP. The van der Waals surface area contributed by atoms with Gasteiger partial charge in [-0.1, -0.05) is 4.48 Å². The van der Waals surface area contributed by atoms with Gasteiger partial charge in [0.05, 0.1) is 6.54 Å². The van der Waals surface area contributed by atoms with Gasteiger partial charge in [-0.3, -0.25) is 0 Å². The van der Waals surface area contributed by atoms with E-state index in [1.165, 1.54) is 7.05 Å². The highest BCUT2D eigenvalue weighted by atomic mass is 31.0. The van der Waals surface area contributed by atoms with E-state index in [0.29, 0.717) is 0 Å². The first-order chi connectivity index (χ1) is 4.09. The third kappa shape index (κ3) is 2.61. The highest BCUT2D eigenvalue weighted by Gasteiger charge is 2.10. The predicted molar refractivity (Wildman–Crippen MR) is 36.4 cm³/mol. The van der Waals surface area contributed by atoms with Crippen molar-refractivity contribution >= 4 is 15.4 Å². The van der Waals surface area contributed by atoms with Crippen LogP contribution in [0.3, 0.4) is 0 Å². The largest absolute Gasteiger partial charge is 0.350 e. The number of hydrogen-bond donors (Lipinski definition) is 0. The van der Waals surface area contributed by atoms with Gasteiger partial charge in [0.2, 0.25) is 0 Å². The monoisotopic (exact) mass is 152 g/mol. The summed E-state index contributed by atoms with van der Waals surface area (Å²) in [5, 5.41) is 0.132. The number of carbonyl (C=O) groups is 1. The molecule has 0 fully saturated rings. The molecule has 0 rings (SSSR count). The fourth-order valence-corrected chi connectivity index (χ4v) is 0.432. The van der Waals surface area contributed by atoms with Gasteiger partial charge in [-0.05, 0) is 16.3 Å². The summed E-state index contributed by atoms with van der Waals surface area (Å²) < 4.78 is 13.3. The zero-order valence-electron chi connectivity index (χ0n) is 5.47. The summed E-state index contributed by atoms with van der Waals surface area (Å²) in [7, 11) is 3.54. The van der Waals surface area contributed by atoms with Crippen molar-refractivity contribution in [2.24, 2.45) is 0 Å². The smallest absolute Gasteiger partial charge is 0.310 e. The van der Waals surface area contributed by atoms with Crippen LogP contribution in [0.1, 0.15) is 6.92 Å². The first-order valence-electron chi connectivity index (χ1n) is 2.55. The third-order valence-electron chi connectivity index (χ3n) is 0.787. The number of nitrogens with zero attached hydrogens (tertiary/aromatic N) is 2. The van der Waals surface area contributed by atoms with E-state index >= 15 is 0 Å². The van der Waals surface area contributed by atoms with Crippen molar-refractivity contribution in [3.63, 3.8) is 0 Å². The predicted octanol–water partition coefficient (Wildman–Crippen LogP) is 1.03. The van der Waals surface area contributed by atoms with Crippen LogP contribution in [-0.2, 0) is 0 Å². The van der Waals surface area contributed by atoms with Crippen molar-refractivity contribution in [2.75, 3.05) is 13.6 Å². The van der Waals surface area contributed by atoms with Crippen LogP contribution in [0.4, 0.5) is 9.28 Å². The molecule has 1 unspecified atom stereocenters. The first kappa shape index (κ1) is 8.63. The highest BCUT2D eigenvalue weighted by molar-refractivity contribution is 7.14. The van der Waals surface area contributed by atoms with Gasteiger partial charge < -0.3 is 4.67 Å². The lowest BCUT2D eigenvalue weighted by Crippen LogP contribution is -2.29. The molecule has 3 nitrogen and oxygen atoms in total. The zero-order valence-corrected chi connectivity index (χ0v) is 6.62. The summed E-state index contributed by atoms with van der Waals surface area (Å²) in [5.41, 5.74) is 0. The number of rotatable bonds is 1. The van der Waals surface area contributed by atoms with E-state index in [0.717, 1.165) is 4.67 Å². The van der Waals surface area contributed by atoms with Crippen molar-refractivity contribution in [2.45, 2.75) is 6.92 Å². The summed E-state index contributed by atoms with van der Waals surface area (Å²) in [6, 6.07) is -0.650. The van der Waals surface area contributed by atoms with Crippen molar-refractivity contribution in [1.29, 1.82) is 0 Å². The van der Waals surface area contributed by atoms with Crippen molar-refractivity contribution in [1.82, 2.24) is 9.79 Å². The van der Waals surface area contributed by atoms with Crippen LogP contribution >= 0.6 is 9.39 Å². The molecule has 0 heterocycles. The molecule has 0 spiro atoms. The zero-order chi connectivity index (χ0) is 7.44. The lowest BCUT2D eigenvalue weighted by Gasteiger charge is -2.14. The van der Waals surface area contributed by atoms with Gasteiger partial charge in [0.1, 0.15) is 0 Å². The second kappa shape index (κ2) is 3.62. The van der Waals surface area contributed by atoms with Gasteiger partial charge in [-0.25, -0.2) is 4.79 Å². The number of urea groups is 1. The van der Waals surface area contributed by atoms with Gasteiger partial charge in [-0.2, -0.15) is 5.12 Å². The molecule has 5 heteroatoms. The van der Waals surface area contributed by atoms with Crippen molar-refractivity contribution in [3.8, 4) is 0 Å². The molecule has 0 bridgehead atoms. The minimum absolute atomic E-state index is 0.0809. The first-order valence-corrected chi connectivity index (χ1v) is 3.07. The Morgan fingerprint density at radius 1 is 1.78 bits per heavy atom. The third-order valence-corrected chi connectivity index (χ3v) is 1.01. The second-order valence-corrected chi connectivity index (χ2v) is 2.35. The number of hydrogen-bond acceptors (Lipinski definition) is 1. The van der Waals surface area contributed by atoms with Gasteiger partial charge in [-0.15, -0.1) is 0 Å². The maximum Gasteiger partial charge on any atom is 0.350 e. The lowest BCUT2D eigenvalue weighted by atomic mass is 10.7. The van der Waals surface area contributed by atoms with Crippen LogP contribution in [0.2, 0.25) is 0 Å². The molecule has 0 saturated carbocycles. The van der Waals surface area contributed by atoms with E-state index < -0.39 is 6.03 Å². The van der Waals surface area contributed by atoms with Crippen LogP contribution in [0.25, 0.3) is 0 Å². The van der Waals surface area contributed by atoms with E-state index in [1.54, 1.807) is 6.92 Å². The van der Waals surface area contributed by atoms with E-state index in [-0.39, 0.29) is 11.7 Å². The summed E-state index contributed by atoms with van der Waals surface area (Å²) in [5.74, 6) is 0. The molecular weight excluding hydrogens is 142 g/mol. The lowest BCUT2D eigenvalue weighted by molar-refractivity contribution is 0.0630. The van der Waals surface area contributed by atoms with E-state index in [2.05, 4.69) is 9.39 Å². The molecule has 1 atom stereocenters. The molecule has 0 aliphatic rings. The van der Waals surface area contributed by atoms with Crippen LogP contribution in [0, 0.1) is 0 Å². The minimum atomic E-state index is -0.650. The Morgan fingerprint density at radius 3 is 2.33 bits per heavy atom. The molecule has 0 saturated heterocycles. The quantitative estimate of drug-likeness (QED) is 0.406. The van der Waals surface area contributed by atoms with E-state index in [9.17, 15) is 9.28 Å². The number of halogens is 1. The van der Waals surface area contributed by atoms with Crippen molar-refractivity contribution in [3.05, 3.63) is 0 Å². The number of carbonyl (C=O) groups excluding carboxylic acids is 1.